The molecule has 3 atom stereocenters. The van der Waals surface area contributed by atoms with Gasteiger partial charge in [-0.3, -0.25) is 0 Å². The highest BCUT2D eigenvalue weighted by Crippen LogP contribution is 2.54. The number of benzene rings is 3. The van der Waals surface area contributed by atoms with Gasteiger partial charge in [-0.1, -0.05) is 18.1 Å². The molecule has 13 heteroatoms. The number of terminal acetylenes is 1. The molecule has 0 spiro atoms. The van der Waals surface area contributed by atoms with E-state index in [1.165, 1.54) is 0 Å². The predicted octanol–water partition coefficient (Wildman–Crippen LogP) is 8.21. The molecule has 0 N–H and O–H groups in total. The Morgan fingerprint density at radius 1 is 1.02 bits per heavy atom. The summed E-state index contributed by atoms with van der Waals surface area (Å²) in [6, 6.07) is 11.7. The molecule has 2 aromatic heterocycles. The first-order chi connectivity index (χ1) is 28.5. The van der Waals surface area contributed by atoms with E-state index in [-0.39, 0.29) is 54.9 Å². The molecule has 5 fully saturated rings. The Labute approximate surface area is 342 Å². The fourth-order valence-electron chi connectivity index (χ4n) is 9.09. The van der Waals surface area contributed by atoms with Crippen LogP contribution in [0.25, 0.3) is 32.9 Å². The molecule has 306 valence electrons. The van der Waals surface area contributed by atoms with Crippen molar-refractivity contribution >= 4 is 33.7 Å². The monoisotopic (exact) mass is 800 g/mol. The molecule has 4 aliphatic heterocycles. The molecule has 1 amide bonds. The van der Waals surface area contributed by atoms with E-state index in [0.717, 1.165) is 82.9 Å². The molecule has 1 saturated carbocycles. The molecule has 3 aromatic carbocycles. The predicted molar refractivity (Wildman–Crippen MR) is 220 cm³/mol. The van der Waals surface area contributed by atoms with Gasteiger partial charge < -0.3 is 33.5 Å². The van der Waals surface area contributed by atoms with Crippen LogP contribution in [0.4, 0.5) is 15.0 Å². The molecule has 59 heavy (non-hydrogen) atoms. The molecule has 1 aliphatic carbocycles. The molecule has 4 saturated heterocycles. The molecule has 5 aliphatic rings. The fourth-order valence-corrected chi connectivity index (χ4v) is 9.09. The van der Waals surface area contributed by atoms with Crippen molar-refractivity contribution in [2.45, 2.75) is 109 Å². The van der Waals surface area contributed by atoms with Crippen molar-refractivity contribution in [2.24, 2.45) is 0 Å². The number of amides is 1. The number of piperazine rings is 1. The summed E-state index contributed by atoms with van der Waals surface area (Å²) in [6.45, 7) is 10.3. The first kappa shape index (κ1) is 37.8. The van der Waals surface area contributed by atoms with Crippen LogP contribution >= 0.6 is 0 Å². The first-order valence-corrected chi connectivity index (χ1v) is 20.9. The van der Waals surface area contributed by atoms with Crippen LogP contribution in [-0.4, -0.2) is 87.4 Å². The molecule has 0 radical (unpaired) electrons. The number of fused-ring (bicyclic) bond motifs is 4. The van der Waals surface area contributed by atoms with Crippen LogP contribution in [0.15, 0.2) is 42.6 Å². The second kappa shape index (κ2) is 14.7. The summed E-state index contributed by atoms with van der Waals surface area (Å²) < 4.78 is 49.2. The Kier molecular flexibility index (Phi) is 9.40. The third kappa shape index (κ3) is 7.00. The van der Waals surface area contributed by atoms with Gasteiger partial charge in [0.1, 0.15) is 35.5 Å². The lowest BCUT2D eigenvalue weighted by Gasteiger charge is -2.36. The van der Waals surface area contributed by atoms with Gasteiger partial charge in [0, 0.05) is 53.2 Å². The quantitative estimate of drug-likeness (QED) is 0.135. The van der Waals surface area contributed by atoms with E-state index < -0.39 is 5.60 Å². The second-order valence-corrected chi connectivity index (χ2v) is 17.6. The maximum Gasteiger partial charge on any atom is 0.410 e. The minimum Gasteiger partial charge on any atom is -0.486 e. The van der Waals surface area contributed by atoms with Crippen molar-refractivity contribution in [2.75, 3.05) is 37.8 Å². The Hall–Kier alpha value is -5.45. The van der Waals surface area contributed by atoms with Crippen molar-refractivity contribution < 1.29 is 32.9 Å². The van der Waals surface area contributed by atoms with E-state index >= 15 is 4.39 Å². The van der Waals surface area contributed by atoms with Gasteiger partial charge in [-0.05, 0) is 107 Å². The van der Waals surface area contributed by atoms with Crippen molar-refractivity contribution in [1.82, 2.24) is 24.6 Å². The minimum atomic E-state index is -0.594. The molecule has 12 nitrogen and oxygen atoms in total. The molecule has 2 bridgehead atoms. The van der Waals surface area contributed by atoms with E-state index in [0.29, 0.717) is 55.3 Å². The second-order valence-electron chi connectivity index (χ2n) is 17.6. The van der Waals surface area contributed by atoms with Crippen LogP contribution in [0, 0.1) is 25.1 Å². The number of rotatable bonds is 9. The topological polar surface area (TPSA) is 113 Å². The van der Waals surface area contributed by atoms with Crippen molar-refractivity contribution in [1.29, 1.82) is 0 Å². The number of hydrogen-bond acceptors (Lipinski definition) is 10. The summed E-state index contributed by atoms with van der Waals surface area (Å²) >= 11 is 0. The van der Waals surface area contributed by atoms with Gasteiger partial charge in [0.05, 0.1) is 37.0 Å². The maximum absolute atomic E-state index is 16.5. The zero-order chi connectivity index (χ0) is 40.6. The minimum absolute atomic E-state index is 0.00604. The average Bonchev–Trinajstić information content (AvgIpc) is 3.65. The zero-order valence-corrected chi connectivity index (χ0v) is 34.0. The highest BCUT2D eigenvalue weighted by molar-refractivity contribution is 6.06. The third-order valence-corrected chi connectivity index (χ3v) is 12.3. The highest BCUT2D eigenvalue weighted by Gasteiger charge is 2.48. The Morgan fingerprint density at radius 3 is 2.49 bits per heavy atom. The van der Waals surface area contributed by atoms with Crippen molar-refractivity contribution in [3.8, 4) is 35.2 Å². The van der Waals surface area contributed by atoms with Crippen LogP contribution in [0.3, 0.4) is 0 Å². The number of carbonyl (C=O) groups excluding carboxylic acids is 1. The Balaban J connectivity index is 1.17. The largest absolute Gasteiger partial charge is 0.486 e. The summed E-state index contributed by atoms with van der Waals surface area (Å²) in [6.07, 6.45) is 12.3. The number of likely N-dealkylation sites (tertiary alicyclic amines) is 1. The van der Waals surface area contributed by atoms with Gasteiger partial charge in [0.15, 0.2) is 12.0 Å². The fraction of sp³-hybridized carbons (Fsp3) is 0.478. The maximum atomic E-state index is 16.5. The van der Waals surface area contributed by atoms with Gasteiger partial charge in [-0.25, -0.2) is 13.9 Å². The molecule has 6 heterocycles. The number of carbonyl (C=O) groups is 1. The molecule has 5 aromatic rings. The van der Waals surface area contributed by atoms with Crippen LogP contribution in [-0.2, 0) is 20.8 Å². The van der Waals surface area contributed by atoms with Crippen molar-refractivity contribution in [3.05, 3.63) is 70.7 Å². The summed E-state index contributed by atoms with van der Waals surface area (Å²) in [4.78, 5) is 27.7. The summed E-state index contributed by atoms with van der Waals surface area (Å²) in [5.74, 6) is 3.83. The standard InChI is InChI=1S/C46H49FN6O6/c1-6-27-10-12-28(13-11-27)23-57-42-40(39-26(2)36(47)19-37-35(39)20-48-53(37)38-9-7-8-16-56-38)33(29-14-15-29)18-34-41(42)49-44(58-32-24-55-25-32)50-43(34)51-21-31-17-30(51)22-52(31)45(54)59-46(3,4)5/h1,10-13,18-20,29-32,38H,7-9,14-17,21-25H2,2-5H3/t30-,31-,38?/m0/s1. The zero-order valence-electron chi connectivity index (χ0n) is 34.0. The average molecular weight is 801 g/mol. The van der Waals surface area contributed by atoms with Crippen LogP contribution in [0.5, 0.6) is 11.8 Å². The van der Waals surface area contributed by atoms with Crippen LogP contribution in [0.2, 0.25) is 0 Å². The van der Waals surface area contributed by atoms with Crippen LogP contribution in [0.1, 0.15) is 93.7 Å². The summed E-state index contributed by atoms with van der Waals surface area (Å²) in [7, 11) is 0. The number of halogens is 1. The molecular formula is C46H49FN6O6. The molecule has 10 rings (SSSR count). The van der Waals surface area contributed by atoms with Gasteiger partial charge in [-0.15, -0.1) is 6.42 Å². The van der Waals surface area contributed by atoms with Gasteiger partial charge in [0.2, 0.25) is 0 Å². The molecule has 1 unspecified atom stereocenters. The highest BCUT2D eigenvalue weighted by atomic mass is 19.1. The van der Waals surface area contributed by atoms with Gasteiger partial charge in [0.25, 0.3) is 0 Å². The molecular weight excluding hydrogens is 752 g/mol. The number of hydrogen-bond donors (Lipinski definition) is 0. The van der Waals surface area contributed by atoms with E-state index in [1.807, 2.05) is 67.7 Å². The van der Waals surface area contributed by atoms with E-state index in [9.17, 15) is 4.79 Å². The number of aromatic nitrogens is 4. The van der Waals surface area contributed by atoms with E-state index in [2.05, 4.69) is 16.9 Å². The number of ether oxygens (including phenoxy) is 5. The van der Waals surface area contributed by atoms with E-state index in [4.69, 9.17) is 45.2 Å². The van der Waals surface area contributed by atoms with Gasteiger partial charge >= 0.3 is 12.1 Å². The first-order valence-electron chi connectivity index (χ1n) is 20.9. The Bertz CT molecular complexity index is 2490. The van der Waals surface area contributed by atoms with E-state index in [1.54, 1.807) is 6.07 Å². The lowest BCUT2D eigenvalue weighted by atomic mass is 9.88. The number of nitrogens with zero attached hydrogens (tertiary/aromatic N) is 6. The summed E-state index contributed by atoms with van der Waals surface area (Å²) in [5, 5.41) is 6.47. The Morgan fingerprint density at radius 2 is 1.83 bits per heavy atom. The van der Waals surface area contributed by atoms with Crippen molar-refractivity contribution in [3.63, 3.8) is 0 Å². The van der Waals surface area contributed by atoms with Crippen LogP contribution < -0.4 is 14.4 Å². The normalized spacial score (nSPS) is 21.9. The lowest BCUT2D eigenvalue weighted by Crippen LogP contribution is -2.50. The van der Waals surface area contributed by atoms with Gasteiger partial charge in [-0.2, -0.15) is 15.1 Å². The smallest absolute Gasteiger partial charge is 0.410 e. The lowest BCUT2D eigenvalue weighted by molar-refractivity contribution is -0.0829. The SMILES string of the molecule is C#Cc1ccc(COc2c(-c3c(C)c(F)cc4c3cnn4C3CCCCO3)c(C3CC3)cc3c(N4C[C@@H]5C[C@H]4CN5C(=O)OC(C)(C)C)nc(OC4COC4)nc23)cc1. The summed E-state index contributed by atoms with van der Waals surface area (Å²) in [5.41, 5.74) is 5.42. The number of anilines is 1. The third-order valence-electron chi connectivity index (χ3n) is 12.3.